The van der Waals surface area contributed by atoms with Gasteiger partial charge in [-0.05, 0) is 40.7 Å². The molecule has 6 nitrogen and oxygen atoms in total. The number of rotatable bonds is 14. The van der Waals surface area contributed by atoms with Crippen LogP contribution < -0.4 is 10.4 Å². The van der Waals surface area contributed by atoms with Crippen LogP contribution in [0.2, 0.25) is 5.04 Å². The van der Waals surface area contributed by atoms with Crippen LogP contribution in [0.1, 0.15) is 58.9 Å². The predicted molar refractivity (Wildman–Crippen MR) is 161 cm³/mol. The first-order valence-corrected chi connectivity index (χ1v) is 15.8. The molecule has 1 atom stereocenters. The third-order valence-corrected chi connectivity index (χ3v) is 12.2. The lowest BCUT2D eigenvalue weighted by Gasteiger charge is -2.44. The summed E-state index contributed by atoms with van der Waals surface area (Å²) in [5.74, 6) is 0.120. The maximum Gasteiger partial charge on any atom is 0.416 e. The van der Waals surface area contributed by atoms with E-state index in [9.17, 15) is 14.4 Å². The number of Topliss-reactive ketones (excluding diaryl/α,β-unsaturated/α-hetero) is 1. The summed E-state index contributed by atoms with van der Waals surface area (Å²) in [7, 11) is -2.89. The third kappa shape index (κ3) is 7.99. The standard InChI is InChI=1S/C33H41NO5Si/c1-27(36)16-14-15-19-29(34(26-35)32(37)38-24-28-17-8-5-9-18-28)25-39-40(33(2,3)4,30-20-10-6-11-21-30)31-22-12-7-13-23-31/h5-13,17-18,20-23,26,29H,14-16,19,24-25H2,1-4H3. The lowest BCUT2D eigenvalue weighted by atomic mass is 10.1. The van der Waals surface area contributed by atoms with Crippen molar-refractivity contribution in [2.75, 3.05) is 6.61 Å². The zero-order valence-corrected chi connectivity index (χ0v) is 25.0. The van der Waals surface area contributed by atoms with Gasteiger partial charge in [-0.25, -0.2) is 9.69 Å². The summed E-state index contributed by atoms with van der Waals surface area (Å²) < 4.78 is 12.6. The second kappa shape index (κ2) is 14.7. The molecule has 0 bridgehead atoms. The monoisotopic (exact) mass is 559 g/mol. The first-order chi connectivity index (χ1) is 19.2. The quantitative estimate of drug-likeness (QED) is 0.140. The highest BCUT2D eigenvalue weighted by atomic mass is 28.4. The minimum atomic E-state index is -2.89. The number of amides is 2. The summed E-state index contributed by atoms with van der Waals surface area (Å²) in [4.78, 5) is 38.1. The van der Waals surface area contributed by atoms with Gasteiger partial charge >= 0.3 is 6.09 Å². The normalized spacial score (nSPS) is 12.4. The molecule has 0 spiro atoms. The Balaban J connectivity index is 1.92. The lowest BCUT2D eigenvalue weighted by molar-refractivity contribution is -0.120. The molecule has 7 heteroatoms. The smallest absolute Gasteiger partial charge is 0.416 e. The fraction of sp³-hybridized carbons (Fsp3) is 0.364. The molecule has 3 aromatic carbocycles. The van der Waals surface area contributed by atoms with E-state index < -0.39 is 20.5 Å². The average molecular weight is 560 g/mol. The van der Waals surface area contributed by atoms with E-state index in [1.165, 1.54) is 0 Å². The Kier molecular flexibility index (Phi) is 11.4. The second-order valence-electron chi connectivity index (χ2n) is 11.1. The molecule has 0 saturated heterocycles. The highest BCUT2D eigenvalue weighted by Gasteiger charge is 2.50. The molecule has 0 aliphatic heterocycles. The molecule has 40 heavy (non-hydrogen) atoms. The van der Waals surface area contributed by atoms with Gasteiger partial charge in [0.1, 0.15) is 12.4 Å². The molecule has 0 aliphatic rings. The van der Waals surface area contributed by atoms with Gasteiger partial charge in [0.15, 0.2) is 0 Å². The van der Waals surface area contributed by atoms with Crippen LogP contribution in [0.5, 0.6) is 0 Å². The fourth-order valence-corrected chi connectivity index (χ4v) is 9.71. The molecule has 0 saturated carbocycles. The molecular weight excluding hydrogens is 518 g/mol. The van der Waals surface area contributed by atoms with E-state index in [1.54, 1.807) is 6.92 Å². The summed E-state index contributed by atoms with van der Waals surface area (Å²) in [5.41, 5.74) is 0.836. The number of nitrogens with zero attached hydrogens (tertiary/aromatic N) is 1. The molecule has 0 fully saturated rings. The largest absolute Gasteiger partial charge is 0.444 e. The number of ketones is 1. The molecular formula is C33H41NO5Si. The van der Waals surface area contributed by atoms with Crippen molar-refractivity contribution in [1.82, 2.24) is 4.90 Å². The summed E-state index contributed by atoms with van der Waals surface area (Å²) in [6, 6.07) is 29.3. The van der Waals surface area contributed by atoms with Gasteiger partial charge in [-0.2, -0.15) is 0 Å². The van der Waals surface area contributed by atoms with Crippen LogP contribution in [0.25, 0.3) is 0 Å². The van der Waals surface area contributed by atoms with Gasteiger partial charge in [0.05, 0.1) is 12.6 Å². The van der Waals surface area contributed by atoms with Crippen molar-refractivity contribution in [2.45, 2.75) is 71.1 Å². The van der Waals surface area contributed by atoms with Crippen molar-refractivity contribution in [3.63, 3.8) is 0 Å². The van der Waals surface area contributed by atoms with E-state index >= 15 is 0 Å². The van der Waals surface area contributed by atoms with Gasteiger partial charge in [0.25, 0.3) is 8.32 Å². The van der Waals surface area contributed by atoms with Crippen LogP contribution in [-0.2, 0) is 25.4 Å². The number of carbonyl (C=O) groups excluding carboxylic acids is 3. The van der Waals surface area contributed by atoms with Crippen molar-refractivity contribution < 1.29 is 23.5 Å². The Bertz CT molecular complexity index is 1170. The summed E-state index contributed by atoms with van der Waals surface area (Å²) in [6.45, 7) is 8.36. The van der Waals surface area contributed by atoms with E-state index in [0.717, 1.165) is 20.8 Å². The summed E-state index contributed by atoms with van der Waals surface area (Å²) in [5, 5.41) is 1.98. The predicted octanol–water partition coefficient (Wildman–Crippen LogP) is 5.88. The third-order valence-electron chi connectivity index (χ3n) is 7.15. The van der Waals surface area contributed by atoms with Crippen LogP contribution >= 0.6 is 0 Å². The van der Waals surface area contributed by atoms with E-state index in [-0.39, 0.29) is 24.0 Å². The Morgan fingerprint density at radius 3 is 1.85 bits per heavy atom. The number of hydrogen-bond acceptors (Lipinski definition) is 5. The average Bonchev–Trinajstić information content (AvgIpc) is 2.95. The Morgan fingerprint density at radius 2 is 1.38 bits per heavy atom. The number of imide groups is 1. The van der Waals surface area contributed by atoms with Crippen LogP contribution in [0.4, 0.5) is 4.79 Å². The first-order valence-electron chi connectivity index (χ1n) is 13.9. The molecule has 0 aromatic heterocycles. The number of hydrogen-bond donors (Lipinski definition) is 0. The van der Waals surface area contributed by atoms with Crippen molar-refractivity contribution in [3.8, 4) is 0 Å². The van der Waals surface area contributed by atoms with Gasteiger partial charge in [0, 0.05) is 6.42 Å². The Morgan fingerprint density at radius 1 is 0.850 bits per heavy atom. The lowest BCUT2D eigenvalue weighted by Crippen LogP contribution is -2.67. The molecule has 212 valence electrons. The topological polar surface area (TPSA) is 72.9 Å². The Labute approximate surface area is 239 Å². The van der Waals surface area contributed by atoms with Gasteiger partial charge in [-0.15, -0.1) is 0 Å². The molecule has 3 rings (SSSR count). The van der Waals surface area contributed by atoms with Crippen molar-refractivity contribution in [1.29, 1.82) is 0 Å². The molecule has 0 radical (unpaired) electrons. The first kappa shape index (κ1) is 31.0. The van der Waals surface area contributed by atoms with E-state index in [0.29, 0.717) is 32.1 Å². The Hall–Kier alpha value is -3.55. The molecule has 2 amide bonds. The SMILES string of the molecule is CC(=O)CCCCC(CO[Si](c1ccccc1)(c1ccccc1)C(C)(C)C)N(C=O)C(=O)OCc1ccccc1. The zero-order valence-electron chi connectivity index (χ0n) is 24.0. The van der Waals surface area contributed by atoms with Gasteiger partial charge in [0.2, 0.25) is 6.41 Å². The molecule has 0 heterocycles. The van der Waals surface area contributed by atoms with Crippen LogP contribution in [0.3, 0.4) is 0 Å². The van der Waals surface area contributed by atoms with Crippen LogP contribution in [0.15, 0.2) is 91.0 Å². The van der Waals surface area contributed by atoms with E-state index in [2.05, 4.69) is 45.0 Å². The minimum absolute atomic E-state index is 0.0661. The maximum absolute atomic E-state index is 13.2. The number of carbonyl (C=O) groups is 3. The van der Waals surface area contributed by atoms with E-state index in [4.69, 9.17) is 9.16 Å². The van der Waals surface area contributed by atoms with E-state index in [1.807, 2.05) is 66.7 Å². The van der Waals surface area contributed by atoms with Crippen LogP contribution in [0, 0.1) is 0 Å². The molecule has 3 aromatic rings. The number of ether oxygens (including phenoxy) is 1. The molecule has 0 N–H and O–H groups in total. The summed E-state index contributed by atoms with van der Waals surface area (Å²) in [6.07, 6.45) is 2.15. The maximum atomic E-state index is 13.2. The van der Waals surface area contributed by atoms with Crippen LogP contribution in [-0.4, -0.2) is 44.2 Å². The fourth-order valence-electron chi connectivity index (χ4n) is 5.11. The van der Waals surface area contributed by atoms with Gasteiger partial charge in [-0.1, -0.05) is 118 Å². The number of benzene rings is 3. The molecule has 0 aliphatic carbocycles. The highest BCUT2D eigenvalue weighted by Crippen LogP contribution is 2.37. The van der Waals surface area contributed by atoms with Crippen molar-refractivity contribution in [2.24, 2.45) is 0 Å². The van der Waals surface area contributed by atoms with Crippen molar-refractivity contribution >= 4 is 37.0 Å². The van der Waals surface area contributed by atoms with Crippen molar-refractivity contribution in [3.05, 3.63) is 96.6 Å². The highest BCUT2D eigenvalue weighted by molar-refractivity contribution is 6.99. The summed E-state index contributed by atoms with van der Waals surface area (Å²) >= 11 is 0. The molecule has 1 unspecified atom stereocenters. The minimum Gasteiger partial charge on any atom is -0.444 e. The van der Waals surface area contributed by atoms with Gasteiger partial charge in [-0.3, -0.25) is 4.79 Å². The second-order valence-corrected chi connectivity index (χ2v) is 15.4. The van der Waals surface area contributed by atoms with Gasteiger partial charge < -0.3 is 14.0 Å². The zero-order chi connectivity index (χ0) is 29.0. The number of unbranched alkanes of at least 4 members (excludes halogenated alkanes) is 1.